The molecule has 1 fully saturated rings. The Morgan fingerprint density at radius 2 is 1.64 bits per heavy atom. The zero-order valence-electron chi connectivity index (χ0n) is 16.0. The number of carbonyl (C=O) groups excluding carboxylic acids is 1. The number of carbonyl (C=O) groups is 1. The van der Waals surface area contributed by atoms with Gasteiger partial charge in [0.15, 0.2) is 0 Å². The van der Waals surface area contributed by atoms with Crippen molar-refractivity contribution >= 4 is 28.7 Å². The van der Waals surface area contributed by atoms with Gasteiger partial charge in [-0.2, -0.15) is 0 Å². The van der Waals surface area contributed by atoms with E-state index in [1.165, 1.54) is 18.5 Å². The van der Waals surface area contributed by atoms with Crippen molar-refractivity contribution in [2.24, 2.45) is 0 Å². The van der Waals surface area contributed by atoms with E-state index in [0.717, 1.165) is 35.7 Å². The first-order valence-electron chi connectivity index (χ1n) is 9.64. The van der Waals surface area contributed by atoms with Crippen molar-refractivity contribution in [1.82, 2.24) is 4.98 Å². The molecule has 142 valence electrons. The van der Waals surface area contributed by atoms with Crippen LogP contribution in [-0.4, -0.2) is 24.0 Å². The minimum absolute atomic E-state index is 0.212. The van der Waals surface area contributed by atoms with E-state index in [0.29, 0.717) is 5.69 Å². The topological polar surface area (TPSA) is 57.3 Å². The van der Waals surface area contributed by atoms with Gasteiger partial charge in [0.1, 0.15) is 5.69 Å². The Labute approximate surface area is 165 Å². The van der Waals surface area contributed by atoms with E-state index in [2.05, 4.69) is 44.8 Å². The van der Waals surface area contributed by atoms with Gasteiger partial charge in [-0.25, -0.2) is 4.98 Å². The maximum atomic E-state index is 12.4. The first kappa shape index (κ1) is 18.0. The highest BCUT2D eigenvalue weighted by atomic mass is 16.1. The molecule has 4 rings (SSSR count). The molecule has 0 radical (unpaired) electrons. The van der Waals surface area contributed by atoms with Crippen LogP contribution in [0.2, 0.25) is 0 Å². The summed E-state index contributed by atoms with van der Waals surface area (Å²) in [5, 5.41) is 6.24. The summed E-state index contributed by atoms with van der Waals surface area (Å²) in [5.41, 5.74) is 5.33. The minimum Gasteiger partial charge on any atom is -0.372 e. The number of nitrogens with zero attached hydrogens (tertiary/aromatic N) is 2. The fourth-order valence-electron chi connectivity index (χ4n) is 3.40. The van der Waals surface area contributed by atoms with Crippen LogP contribution in [0.5, 0.6) is 0 Å². The summed E-state index contributed by atoms with van der Waals surface area (Å²) in [7, 11) is 0. The number of anilines is 4. The molecular formula is C23H24N4O. The van der Waals surface area contributed by atoms with Crippen LogP contribution in [0, 0.1) is 6.92 Å². The third-order valence-corrected chi connectivity index (χ3v) is 5.02. The molecule has 5 heteroatoms. The molecule has 2 aromatic carbocycles. The number of amides is 1. The average Bonchev–Trinajstić information content (AvgIpc) is 3.26. The number of rotatable bonds is 5. The average molecular weight is 372 g/mol. The van der Waals surface area contributed by atoms with Crippen molar-refractivity contribution in [2.45, 2.75) is 19.8 Å². The lowest BCUT2D eigenvalue weighted by Crippen LogP contribution is -2.17. The lowest BCUT2D eigenvalue weighted by atomic mass is 10.2. The second-order valence-corrected chi connectivity index (χ2v) is 7.07. The first-order chi connectivity index (χ1) is 13.7. The molecule has 2 N–H and O–H groups in total. The Morgan fingerprint density at radius 1 is 0.929 bits per heavy atom. The smallest absolute Gasteiger partial charge is 0.274 e. The van der Waals surface area contributed by atoms with Gasteiger partial charge in [0.25, 0.3) is 5.91 Å². The lowest BCUT2D eigenvalue weighted by Gasteiger charge is -2.18. The molecule has 5 nitrogen and oxygen atoms in total. The number of benzene rings is 2. The number of hydrogen-bond donors (Lipinski definition) is 2. The van der Waals surface area contributed by atoms with Crippen molar-refractivity contribution in [3.05, 3.63) is 78.1 Å². The van der Waals surface area contributed by atoms with E-state index < -0.39 is 0 Å². The van der Waals surface area contributed by atoms with E-state index in [4.69, 9.17) is 0 Å². The summed E-state index contributed by atoms with van der Waals surface area (Å²) in [6, 6.07) is 19.7. The van der Waals surface area contributed by atoms with Gasteiger partial charge in [0, 0.05) is 30.2 Å². The van der Waals surface area contributed by atoms with Gasteiger partial charge in [0.2, 0.25) is 0 Å². The largest absolute Gasteiger partial charge is 0.372 e. The zero-order chi connectivity index (χ0) is 19.3. The van der Waals surface area contributed by atoms with Gasteiger partial charge in [-0.15, -0.1) is 0 Å². The molecule has 1 aromatic heterocycles. The molecule has 28 heavy (non-hydrogen) atoms. The Bertz CT molecular complexity index is 945. The third kappa shape index (κ3) is 4.14. The number of hydrogen-bond acceptors (Lipinski definition) is 4. The van der Waals surface area contributed by atoms with Gasteiger partial charge in [0.05, 0.1) is 11.9 Å². The molecule has 3 aromatic rings. The maximum absolute atomic E-state index is 12.4. The molecule has 0 unspecified atom stereocenters. The Balaban J connectivity index is 1.39. The fourth-order valence-corrected chi connectivity index (χ4v) is 3.40. The molecule has 0 aliphatic carbocycles. The van der Waals surface area contributed by atoms with Crippen molar-refractivity contribution in [1.29, 1.82) is 0 Å². The molecule has 1 saturated heterocycles. The lowest BCUT2D eigenvalue weighted by molar-refractivity contribution is 0.102. The Hall–Kier alpha value is -3.34. The molecule has 2 heterocycles. The van der Waals surface area contributed by atoms with Crippen LogP contribution in [0.3, 0.4) is 0 Å². The standard InChI is InChI=1S/C23H24N4O/c1-17-6-2-3-7-21(17)26-23(28)22-13-10-19(16-24-22)25-18-8-11-20(12-9-18)27-14-4-5-15-27/h2-3,6-13,16,25H,4-5,14-15H2,1H3,(H,26,28). The maximum Gasteiger partial charge on any atom is 0.274 e. The number of para-hydroxylation sites is 1. The van der Waals surface area contributed by atoms with Crippen molar-refractivity contribution in [2.75, 3.05) is 28.6 Å². The first-order valence-corrected chi connectivity index (χ1v) is 9.64. The third-order valence-electron chi connectivity index (χ3n) is 5.02. The van der Waals surface area contributed by atoms with Crippen LogP contribution in [0.15, 0.2) is 66.9 Å². The second kappa shape index (κ2) is 8.13. The molecule has 0 atom stereocenters. The highest BCUT2D eigenvalue weighted by Gasteiger charge is 2.12. The number of nitrogens with one attached hydrogen (secondary N) is 2. The van der Waals surface area contributed by atoms with Crippen LogP contribution in [0.1, 0.15) is 28.9 Å². The SMILES string of the molecule is Cc1ccccc1NC(=O)c1ccc(Nc2ccc(N3CCCC3)cc2)cn1. The zero-order valence-corrected chi connectivity index (χ0v) is 16.0. The Kier molecular flexibility index (Phi) is 5.24. The van der Waals surface area contributed by atoms with Crippen molar-refractivity contribution in [3.8, 4) is 0 Å². The van der Waals surface area contributed by atoms with Gasteiger partial charge in [-0.3, -0.25) is 4.79 Å². The molecule has 1 aliphatic rings. The Morgan fingerprint density at radius 3 is 2.32 bits per heavy atom. The van der Waals surface area contributed by atoms with Crippen molar-refractivity contribution in [3.63, 3.8) is 0 Å². The highest BCUT2D eigenvalue weighted by molar-refractivity contribution is 6.03. The van der Waals surface area contributed by atoms with Crippen LogP contribution in [0.25, 0.3) is 0 Å². The summed E-state index contributed by atoms with van der Waals surface area (Å²) >= 11 is 0. The monoisotopic (exact) mass is 372 g/mol. The van der Waals surface area contributed by atoms with E-state index in [9.17, 15) is 4.79 Å². The summed E-state index contributed by atoms with van der Waals surface area (Å²) in [6.45, 7) is 4.25. The van der Waals surface area contributed by atoms with Crippen LogP contribution >= 0.6 is 0 Å². The minimum atomic E-state index is -0.212. The number of pyridine rings is 1. The predicted octanol–water partition coefficient (Wildman–Crippen LogP) is 4.99. The summed E-state index contributed by atoms with van der Waals surface area (Å²) < 4.78 is 0. The van der Waals surface area contributed by atoms with E-state index in [-0.39, 0.29) is 5.91 Å². The molecule has 0 bridgehead atoms. The molecule has 1 aliphatic heterocycles. The van der Waals surface area contributed by atoms with Crippen molar-refractivity contribution < 1.29 is 4.79 Å². The molecule has 0 saturated carbocycles. The van der Waals surface area contributed by atoms with E-state index >= 15 is 0 Å². The van der Waals surface area contributed by atoms with Crippen LogP contribution in [-0.2, 0) is 0 Å². The van der Waals surface area contributed by atoms with Crippen LogP contribution in [0.4, 0.5) is 22.7 Å². The molecule has 0 spiro atoms. The van der Waals surface area contributed by atoms with Gasteiger partial charge in [-0.1, -0.05) is 18.2 Å². The van der Waals surface area contributed by atoms with E-state index in [1.807, 2.05) is 37.3 Å². The van der Waals surface area contributed by atoms with Gasteiger partial charge in [-0.05, 0) is 67.8 Å². The highest BCUT2D eigenvalue weighted by Crippen LogP contribution is 2.24. The van der Waals surface area contributed by atoms with Crippen LogP contribution < -0.4 is 15.5 Å². The molecular weight excluding hydrogens is 348 g/mol. The normalized spacial score (nSPS) is 13.4. The van der Waals surface area contributed by atoms with Gasteiger partial charge >= 0.3 is 0 Å². The number of aromatic nitrogens is 1. The number of aryl methyl sites for hydroxylation is 1. The predicted molar refractivity (Wildman–Crippen MR) is 115 cm³/mol. The fraction of sp³-hybridized carbons (Fsp3) is 0.217. The molecule has 1 amide bonds. The summed E-state index contributed by atoms with van der Waals surface area (Å²) in [6.07, 6.45) is 4.23. The summed E-state index contributed by atoms with van der Waals surface area (Å²) in [5.74, 6) is -0.212. The van der Waals surface area contributed by atoms with Gasteiger partial charge < -0.3 is 15.5 Å². The summed E-state index contributed by atoms with van der Waals surface area (Å²) in [4.78, 5) is 19.1. The van der Waals surface area contributed by atoms with E-state index in [1.54, 1.807) is 12.3 Å². The second-order valence-electron chi connectivity index (χ2n) is 7.07. The quantitative estimate of drug-likeness (QED) is 0.663.